The molecule has 2 aromatic heterocycles. The van der Waals surface area contributed by atoms with Crippen LogP contribution in [0.4, 0.5) is 18.9 Å². The summed E-state index contributed by atoms with van der Waals surface area (Å²) in [6.07, 6.45) is -5.15. The molecular formula is C24H21F3N4O3. The van der Waals surface area contributed by atoms with Crippen molar-refractivity contribution in [1.82, 2.24) is 15.2 Å². The van der Waals surface area contributed by atoms with Gasteiger partial charge in [0.2, 0.25) is 6.29 Å². The lowest BCUT2D eigenvalue weighted by Gasteiger charge is -2.12. The SMILES string of the molecule is COC(OC)c1[nH]nc2nc(-c3cc(NC(=O)c4cccc(C(F)(F)F)c4)ccc3C)ccc12. The van der Waals surface area contributed by atoms with Crippen molar-refractivity contribution < 1.29 is 27.4 Å². The lowest BCUT2D eigenvalue weighted by Crippen LogP contribution is -2.14. The number of nitrogens with one attached hydrogen (secondary N) is 2. The second kappa shape index (κ2) is 9.24. The van der Waals surface area contributed by atoms with Gasteiger partial charge in [-0.05, 0) is 55.0 Å². The van der Waals surface area contributed by atoms with Crippen LogP contribution >= 0.6 is 0 Å². The Kier molecular flexibility index (Phi) is 6.36. The van der Waals surface area contributed by atoms with Crippen LogP contribution in [0.5, 0.6) is 0 Å². The summed E-state index contributed by atoms with van der Waals surface area (Å²) in [6.45, 7) is 1.89. The van der Waals surface area contributed by atoms with E-state index in [9.17, 15) is 18.0 Å². The highest BCUT2D eigenvalue weighted by atomic mass is 19.4. The normalized spacial score (nSPS) is 11.9. The second-order valence-electron chi connectivity index (χ2n) is 7.57. The molecule has 0 atom stereocenters. The Balaban J connectivity index is 1.63. The number of hydrogen-bond donors (Lipinski definition) is 2. The van der Waals surface area contributed by atoms with Crippen LogP contribution in [0.2, 0.25) is 0 Å². The van der Waals surface area contributed by atoms with Gasteiger partial charge in [0.1, 0.15) is 5.69 Å². The summed E-state index contributed by atoms with van der Waals surface area (Å²) in [5.41, 5.74) is 2.80. The Labute approximate surface area is 192 Å². The number of halogens is 3. The number of methoxy groups -OCH3 is 2. The number of aromatic amines is 1. The fourth-order valence-electron chi connectivity index (χ4n) is 3.59. The molecule has 0 radical (unpaired) electrons. The summed E-state index contributed by atoms with van der Waals surface area (Å²) in [4.78, 5) is 17.2. The van der Waals surface area contributed by atoms with Gasteiger partial charge in [0, 0.05) is 36.4 Å². The molecule has 0 spiro atoms. The van der Waals surface area contributed by atoms with E-state index in [1.165, 1.54) is 26.4 Å². The number of hydrogen-bond acceptors (Lipinski definition) is 5. The zero-order valence-electron chi connectivity index (χ0n) is 18.5. The average Bonchev–Trinajstić information content (AvgIpc) is 3.24. The Hall–Kier alpha value is -3.76. The maximum atomic E-state index is 13.0. The number of benzene rings is 2. The molecule has 0 aliphatic heterocycles. The van der Waals surface area contributed by atoms with E-state index in [2.05, 4.69) is 20.5 Å². The Morgan fingerprint density at radius 2 is 1.82 bits per heavy atom. The number of anilines is 1. The average molecular weight is 470 g/mol. The molecule has 2 N–H and O–H groups in total. The fourth-order valence-corrected chi connectivity index (χ4v) is 3.59. The first-order valence-corrected chi connectivity index (χ1v) is 10.2. The van der Waals surface area contributed by atoms with E-state index in [1.807, 2.05) is 19.1 Å². The summed E-state index contributed by atoms with van der Waals surface area (Å²) >= 11 is 0. The smallest absolute Gasteiger partial charge is 0.350 e. The number of alkyl halides is 3. The highest BCUT2D eigenvalue weighted by molar-refractivity contribution is 6.04. The van der Waals surface area contributed by atoms with Crippen molar-refractivity contribution in [3.05, 3.63) is 77.0 Å². The van der Waals surface area contributed by atoms with Gasteiger partial charge in [-0.25, -0.2) is 4.98 Å². The van der Waals surface area contributed by atoms with Crippen LogP contribution < -0.4 is 5.32 Å². The number of pyridine rings is 1. The van der Waals surface area contributed by atoms with Crippen molar-refractivity contribution in [2.45, 2.75) is 19.4 Å². The van der Waals surface area contributed by atoms with Gasteiger partial charge >= 0.3 is 6.18 Å². The molecule has 4 aromatic rings. The minimum absolute atomic E-state index is 0.0913. The summed E-state index contributed by atoms with van der Waals surface area (Å²) in [7, 11) is 3.04. The first kappa shape index (κ1) is 23.4. The highest BCUT2D eigenvalue weighted by Crippen LogP contribution is 2.31. The molecule has 0 bridgehead atoms. The van der Waals surface area contributed by atoms with Crippen LogP contribution in [0.15, 0.2) is 54.6 Å². The first-order chi connectivity index (χ1) is 16.2. The van der Waals surface area contributed by atoms with Gasteiger partial charge in [0.25, 0.3) is 5.91 Å². The Morgan fingerprint density at radius 3 is 2.53 bits per heavy atom. The fraction of sp³-hybridized carbons (Fsp3) is 0.208. The zero-order valence-corrected chi connectivity index (χ0v) is 18.5. The van der Waals surface area contributed by atoms with E-state index in [4.69, 9.17) is 9.47 Å². The lowest BCUT2D eigenvalue weighted by molar-refractivity contribution is -0.137. The van der Waals surface area contributed by atoms with Gasteiger partial charge in [-0.2, -0.15) is 18.3 Å². The van der Waals surface area contributed by atoms with E-state index >= 15 is 0 Å². The van der Waals surface area contributed by atoms with Crippen LogP contribution in [-0.4, -0.2) is 35.3 Å². The molecule has 0 aliphatic rings. The predicted octanol–water partition coefficient (Wildman–Crippen LogP) is 5.50. The molecule has 2 aromatic carbocycles. The van der Waals surface area contributed by atoms with Crippen molar-refractivity contribution >= 4 is 22.6 Å². The van der Waals surface area contributed by atoms with Crippen LogP contribution in [0.1, 0.15) is 33.5 Å². The van der Waals surface area contributed by atoms with Gasteiger partial charge < -0.3 is 14.8 Å². The van der Waals surface area contributed by atoms with Crippen LogP contribution in [0, 0.1) is 6.92 Å². The zero-order chi connectivity index (χ0) is 24.5. The lowest BCUT2D eigenvalue weighted by atomic mass is 10.0. The van der Waals surface area contributed by atoms with Gasteiger partial charge in [-0.15, -0.1) is 0 Å². The number of carbonyl (C=O) groups is 1. The molecule has 2 heterocycles. The van der Waals surface area contributed by atoms with Crippen molar-refractivity contribution in [2.24, 2.45) is 0 Å². The first-order valence-electron chi connectivity index (χ1n) is 10.2. The van der Waals surface area contributed by atoms with Crippen LogP contribution in [0.25, 0.3) is 22.3 Å². The number of fused-ring (bicyclic) bond motifs is 1. The molecule has 7 nitrogen and oxygen atoms in total. The number of H-pyrrole nitrogens is 1. The largest absolute Gasteiger partial charge is 0.416 e. The minimum atomic E-state index is -4.53. The van der Waals surface area contributed by atoms with Crippen molar-refractivity contribution in [3.63, 3.8) is 0 Å². The standard InChI is InChI=1S/C24H21F3N4O3/c1-13-7-8-16(28-22(32)14-5-4-6-15(11-14)24(25,26)27)12-18(13)19-10-9-17-20(23(33-2)34-3)30-31-21(17)29-19/h4-12,23H,1-3H3,(H,28,32)(H,29,30,31). The van der Waals surface area contributed by atoms with Crippen LogP contribution in [-0.2, 0) is 15.7 Å². The summed E-state index contributed by atoms with van der Waals surface area (Å²) in [6, 6.07) is 13.1. The van der Waals surface area contributed by atoms with Crippen molar-refractivity contribution in [3.8, 4) is 11.3 Å². The summed E-state index contributed by atoms with van der Waals surface area (Å²) < 4.78 is 49.5. The van der Waals surface area contributed by atoms with Gasteiger partial charge in [0.05, 0.1) is 11.3 Å². The molecule has 0 aliphatic carbocycles. The van der Waals surface area contributed by atoms with E-state index in [0.717, 1.165) is 28.6 Å². The van der Waals surface area contributed by atoms with E-state index in [0.29, 0.717) is 22.7 Å². The monoisotopic (exact) mass is 470 g/mol. The maximum Gasteiger partial charge on any atom is 0.416 e. The number of rotatable bonds is 6. The molecule has 0 saturated heterocycles. The topological polar surface area (TPSA) is 89.1 Å². The minimum Gasteiger partial charge on any atom is -0.350 e. The molecule has 0 saturated carbocycles. The molecule has 0 fully saturated rings. The van der Waals surface area contributed by atoms with E-state index in [1.54, 1.807) is 18.2 Å². The van der Waals surface area contributed by atoms with E-state index in [-0.39, 0.29) is 5.56 Å². The Bertz CT molecular complexity index is 1350. The third-order valence-corrected chi connectivity index (χ3v) is 5.33. The maximum absolute atomic E-state index is 13.0. The number of aryl methyl sites for hydroxylation is 1. The molecule has 34 heavy (non-hydrogen) atoms. The van der Waals surface area contributed by atoms with Gasteiger partial charge in [-0.1, -0.05) is 12.1 Å². The summed E-state index contributed by atoms with van der Waals surface area (Å²) in [5.74, 6) is -0.647. The third-order valence-electron chi connectivity index (χ3n) is 5.33. The number of amides is 1. The quantitative estimate of drug-likeness (QED) is 0.364. The van der Waals surface area contributed by atoms with Crippen molar-refractivity contribution in [2.75, 3.05) is 19.5 Å². The van der Waals surface area contributed by atoms with Crippen LogP contribution in [0.3, 0.4) is 0 Å². The van der Waals surface area contributed by atoms with E-state index < -0.39 is 23.9 Å². The molecular weight excluding hydrogens is 449 g/mol. The number of ether oxygens (including phenoxy) is 2. The molecule has 176 valence electrons. The van der Waals surface area contributed by atoms with Gasteiger partial charge in [-0.3, -0.25) is 9.89 Å². The molecule has 4 rings (SSSR count). The van der Waals surface area contributed by atoms with Crippen molar-refractivity contribution in [1.29, 1.82) is 0 Å². The Morgan fingerprint density at radius 1 is 1.06 bits per heavy atom. The number of aromatic nitrogens is 3. The molecule has 10 heteroatoms. The van der Waals surface area contributed by atoms with Gasteiger partial charge in [0.15, 0.2) is 5.65 Å². The second-order valence-corrected chi connectivity index (χ2v) is 7.57. The molecule has 1 amide bonds. The highest BCUT2D eigenvalue weighted by Gasteiger charge is 2.31. The third kappa shape index (κ3) is 4.63. The predicted molar refractivity (Wildman–Crippen MR) is 120 cm³/mol. The number of nitrogens with zero attached hydrogens (tertiary/aromatic N) is 2. The number of carbonyl (C=O) groups excluding carboxylic acids is 1. The molecule has 0 unspecified atom stereocenters. The summed E-state index contributed by atoms with van der Waals surface area (Å²) in [5, 5.41) is 10.5.